The van der Waals surface area contributed by atoms with Crippen molar-refractivity contribution in [3.8, 4) is 5.75 Å². The van der Waals surface area contributed by atoms with Gasteiger partial charge in [0.1, 0.15) is 11.3 Å². The minimum absolute atomic E-state index is 0.0871. The van der Waals surface area contributed by atoms with Crippen LogP contribution in [0, 0.1) is 0 Å². The van der Waals surface area contributed by atoms with Crippen LogP contribution in [-0.4, -0.2) is 29.0 Å². The Balaban J connectivity index is 1.39. The first kappa shape index (κ1) is 26.0. The number of ether oxygens (including phenoxy) is 1. The quantitative estimate of drug-likeness (QED) is 0.159. The van der Waals surface area contributed by atoms with Crippen molar-refractivity contribution in [3.05, 3.63) is 102 Å². The van der Waals surface area contributed by atoms with Gasteiger partial charge >= 0.3 is 6.03 Å². The SMILES string of the molecule is CC[C@H](C)c1ccc(N2C(=O)NC(=O)/C(=C\c3cn(CCCOc4ccccc4)c4ccccc34)C2=O)cc1. The molecule has 2 heterocycles. The maximum absolute atomic E-state index is 13.5. The van der Waals surface area contributed by atoms with Crippen molar-refractivity contribution >= 4 is 40.5 Å². The number of rotatable bonds is 9. The number of amides is 4. The normalized spacial score (nSPS) is 15.6. The fourth-order valence-corrected chi connectivity index (χ4v) is 4.75. The van der Waals surface area contributed by atoms with Gasteiger partial charge < -0.3 is 9.30 Å². The van der Waals surface area contributed by atoms with Gasteiger partial charge in [-0.3, -0.25) is 14.9 Å². The number of hydrogen-bond donors (Lipinski definition) is 1. The number of hydrogen-bond acceptors (Lipinski definition) is 4. The highest BCUT2D eigenvalue weighted by atomic mass is 16.5. The van der Waals surface area contributed by atoms with Gasteiger partial charge in [0.05, 0.1) is 12.3 Å². The van der Waals surface area contributed by atoms with E-state index in [1.54, 1.807) is 18.2 Å². The monoisotopic (exact) mass is 521 g/mol. The lowest BCUT2D eigenvalue weighted by atomic mass is 9.98. The van der Waals surface area contributed by atoms with Crippen molar-refractivity contribution in [2.75, 3.05) is 11.5 Å². The van der Waals surface area contributed by atoms with Crippen molar-refractivity contribution in [1.29, 1.82) is 0 Å². The Bertz CT molecular complexity index is 1540. The molecule has 4 amide bonds. The molecule has 3 aromatic carbocycles. The molecule has 0 bridgehead atoms. The third-order valence-corrected chi connectivity index (χ3v) is 7.11. The van der Waals surface area contributed by atoms with Crippen LogP contribution in [0.25, 0.3) is 17.0 Å². The minimum atomic E-state index is -0.751. The van der Waals surface area contributed by atoms with Crippen molar-refractivity contribution in [1.82, 2.24) is 9.88 Å². The number of carbonyl (C=O) groups is 3. The summed E-state index contributed by atoms with van der Waals surface area (Å²) in [4.78, 5) is 40.0. The first-order chi connectivity index (χ1) is 19.0. The summed E-state index contributed by atoms with van der Waals surface area (Å²) < 4.78 is 7.92. The second-order valence-electron chi connectivity index (χ2n) is 9.67. The smallest absolute Gasteiger partial charge is 0.335 e. The molecule has 1 aliphatic rings. The minimum Gasteiger partial charge on any atom is -0.494 e. The molecule has 5 rings (SSSR count). The summed E-state index contributed by atoms with van der Waals surface area (Å²) in [5.74, 6) is -0.154. The molecule has 1 fully saturated rings. The van der Waals surface area contributed by atoms with Gasteiger partial charge in [0.15, 0.2) is 0 Å². The highest BCUT2D eigenvalue weighted by Gasteiger charge is 2.37. The zero-order valence-electron chi connectivity index (χ0n) is 22.1. The molecule has 1 aromatic heterocycles. The Morgan fingerprint density at radius 3 is 2.38 bits per heavy atom. The molecule has 198 valence electrons. The molecular formula is C32H31N3O4. The molecule has 0 unspecified atom stereocenters. The van der Waals surface area contributed by atoms with E-state index >= 15 is 0 Å². The van der Waals surface area contributed by atoms with E-state index in [0.717, 1.165) is 45.5 Å². The van der Waals surface area contributed by atoms with Crippen LogP contribution in [0.3, 0.4) is 0 Å². The highest BCUT2D eigenvalue weighted by molar-refractivity contribution is 6.39. The number of anilines is 1. The summed E-state index contributed by atoms with van der Waals surface area (Å²) in [7, 11) is 0. The van der Waals surface area contributed by atoms with Gasteiger partial charge in [-0.15, -0.1) is 0 Å². The van der Waals surface area contributed by atoms with Crippen molar-refractivity contribution in [2.24, 2.45) is 0 Å². The van der Waals surface area contributed by atoms with E-state index in [4.69, 9.17) is 4.74 Å². The molecule has 7 nitrogen and oxygen atoms in total. The first-order valence-corrected chi connectivity index (χ1v) is 13.2. The Hall–Kier alpha value is -4.65. The lowest BCUT2D eigenvalue weighted by Gasteiger charge is -2.26. The second kappa shape index (κ2) is 11.4. The number of nitrogens with zero attached hydrogens (tertiary/aromatic N) is 2. The average Bonchev–Trinajstić information content (AvgIpc) is 3.31. The van der Waals surface area contributed by atoms with Gasteiger partial charge in [-0.25, -0.2) is 9.69 Å². The number of carbonyl (C=O) groups excluding carboxylic acids is 3. The van der Waals surface area contributed by atoms with Gasteiger partial charge in [-0.05, 0) is 60.7 Å². The van der Waals surface area contributed by atoms with Crippen LogP contribution < -0.4 is 15.0 Å². The fourth-order valence-electron chi connectivity index (χ4n) is 4.75. The topological polar surface area (TPSA) is 80.6 Å². The predicted octanol–water partition coefficient (Wildman–Crippen LogP) is 6.29. The highest BCUT2D eigenvalue weighted by Crippen LogP contribution is 2.28. The Labute approximate surface area is 227 Å². The Morgan fingerprint density at radius 1 is 0.923 bits per heavy atom. The van der Waals surface area contributed by atoms with E-state index in [0.29, 0.717) is 24.8 Å². The van der Waals surface area contributed by atoms with E-state index in [-0.39, 0.29) is 5.57 Å². The number of aromatic nitrogens is 1. The van der Waals surface area contributed by atoms with Crippen LogP contribution in [0.1, 0.15) is 43.7 Å². The number of benzene rings is 3. The maximum atomic E-state index is 13.5. The van der Waals surface area contributed by atoms with E-state index in [1.807, 2.05) is 72.9 Å². The standard InChI is InChI=1S/C32H31N3O4/c1-3-22(2)23-14-16-25(17-15-23)35-31(37)28(30(36)33-32(35)38)20-24-21-34(29-13-8-7-12-27(24)29)18-9-19-39-26-10-5-4-6-11-26/h4-8,10-17,20-22H,3,9,18-19H2,1-2H3,(H,33,36,38)/b28-20+/t22-/m0/s1. The Morgan fingerprint density at radius 2 is 1.64 bits per heavy atom. The zero-order valence-corrected chi connectivity index (χ0v) is 22.1. The lowest BCUT2D eigenvalue weighted by molar-refractivity contribution is -0.122. The van der Waals surface area contributed by atoms with Crippen LogP contribution >= 0.6 is 0 Å². The third-order valence-electron chi connectivity index (χ3n) is 7.11. The van der Waals surface area contributed by atoms with Crippen molar-refractivity contribution < 1.29 is 19.1 Å². The maximum Gasteiger partial charge on any atom is 0.335 e. The van der Waals surface area contributed by atoms with Crippen LogP contribution in [0.5, 0.6) is 5.75 Å². The molecular weight excluding hydrogens is 490 g/mol. The molecule has 0 saturated carbocycles. The lowest BCUT2D eigenvalue weighted by Crippen LogP contribution is -2.54. The number of barbiturate groups is 1. The zero-order chi connectivity index (χ0) is 27.4. The molecule has 39 heavy (non-hydrogen) atoms. The molecule has 0 spiro atoms. The van der Waals surface area contributed by atoms with Crippen LogP contribution in [0.2, 0.25) is 0 Å². The predicted molar refractivity (Wildman–Crippen MR) is 153 cm³/mol. The number of imide groups is 2. The molecule has 1 N–H and O–H groups in total. The van der Waals surface area contributed by atoms with Gasteiger partial charge in [0.2, 0.25) is 0 Å². The van der Waals surface area contributed by atoms with E-state index in [2.05, 4.69) is 23.7 Å². The van der Waals surface area contributed by atoms with Crippen molar-refractivity contribution in [3.63, 3.8) is 0 Å². The number of nitrogens with one attached hydrogen (secondary N) is 1. The largest absolute Gasteiger partial charge is 0.494 e. The summed E-state index contributed by atoms with van der Waals surface area (Å²) >= 11 is 0. The summed E-state index contributed by atoms with van der Waals surface area (Å²) in [6, 6.07) is 24.1. The molecule has 0 aliphatic carbocycles. The van der Waals surface area contributed by atoms with Gasteiger partial charge in [0.25, 0.3) is 11.8 Å². The van der Waals surface area contributed by atoms with Crippen LogP contribution in [0.4, 0.5) is 10.5 Å². The third kappa shape index (κ3) is 5.48. The summed E-state index contributed by atoms with van der Waals surface area (Å²) in [5, 5.41) is 3.24. The van der Waals surface area contributed by atoms with Crippen LogP contribution in [-0.2, 0) is 16.1 Å². The number of aryl methyl sites for hydroxylation is 1. The second-order valence-corrected chi connectivity index (χ2v) is 9.67. The van der Waals surface area contributed by atoms with E-state index < -0.39 is 17.8 Å². The van der Waals surface area contributed by atoms with E-state index in [9.17, 15) is 14.4 Å². The number of para-hydroxylation sites is 2. The van der Waals surface area contributed by atoms with Crippen LogP contribution in [0.15, 0.2) is 90.6 Å². The molecule has 1 atom stereocenters. The number of urea groups is 1. The summed E-state index contributed by atoms with van der Waals surface area (Å²) in [5.41, 5.74) is 3.18. The van der Waals surface area contributed by atoms with Gasteiger partial charge in [-0.2, -0.15) is 0 Å². The number of fused-ring (bicyclic) bond motifs is 1. The Kier molecular flexibility index (Phi) is 7.59. The van der Waals surface area contributed by atoms with Gasteiger partial charge in [0, 0.05) is 29.2 Å². The average molecular weight is 522 g/mol. The van der Waals surface area contributed by atoms with Crippen molar-refractivity contribution in [2.45, 2.75) is 39.2 Å². The fraction of sp³-hybridized carbons (Fsp3) is 0.219. The first-order valence-electron chi connectivity index (χ1n) is 13.2. The molecule has 7 heteroatoms. The summed E-state index contributed by atoms with van der Waals surface area (Å²) in [6.07, 6.45) is 5.27. The van der Waals surface area contributed by atoms with E-state index in [1.165, 1.54) is 0 Å². The molecule has 0 radical (unpaired) electrons. The molecule has 1 saturated heterocycles. The summed E-state index contributed by atoms with van der Waals surface area (Å²) in [6.45, 7) is 5.49. The molecule has 1 aliphatic heterocycles. The van der Waals surface area contributed by atoms with Gasteiger partial charge in [-0.1, -0.05) is 62.4 Å². The molecule has 4 aromatic rings.